The fraction of sp³-hybridized carbons (Fsp3) is 0.385. The number of nitrogens with zero attached hydrogens (tertiary/aromatic N) is 4. The fourth-order valence-electron chi connectivity index (χ4n) is 5.02. The fourth-order valence-corrected chi connectivity index (χ4v) is 5.02. The van der Waals surface area contributed by atoms with Gasteiger partial charge in [-0.15, -0.1) is 0 Å². The van der Waals surface area contributed by atoms with E-state index in [1.165, 1.54) is 24.3 Å². The molecule has 188 valence electrons. The van der Waals surface area contributed by atoms with Crippen LogP contribution in [0.2, 0.25) is 0 Å². The minimum atomic E-state index is -4.56. The summed E-state index contributed by atoms with van der Waals surface area (Å²) in [5.74, 6) is 0.436. The SMILES string of the molecule is Cc1ccc(-c2ncc(C(F)(F)F)cn2)c(C(=O)N2C3CC(C3)[C@@H](C)C2COc2ccc(F)cc2)n1. The van der Waals surface area contributed by atoms with Crippen molar-refractivity contribution >= 4 is 5.91 Å². The van der Waals surface area contributed by atoms with Crippen molar-refractivity contribution in [1.82, 2.24) is 19.9 Å². The van der Waals surface area contributed by atoms with Gasteiger partial charge in [0.15, 0.2) is 5.82 Å². The van der Waals surface area contributed by atoms with Gasteiger partial charge in [-0.2, -0.15) is 13.2 Å². The summed E-state index contributed by atoms with van der Waals surface area (Å²) in [5.41, 5.74) is -0.0158. The number of pyridine rings is 1. The molecule has 0 N–H and O–H groups in total. The quantitative estimate of drug-likeness (QED) is 0.444. The van der Waals surface area contributed by atoms with Crippen LogP contribution in [0, 0.1) is 24.6 Å². The lowest BCUT2D eigenvalue weighted by Crippen LogP contribution is -2.64. The molecule has 0 radical (unpaired) electrons. The molecule has 3 aliphatic rings. The van der Waals surface area contributed by atoms with Crippen molar-refractivity contribution in [2.75, 3.05) is 6.61 Å². The van der Waals surface area contributed by atoms with Gasteiger partial charge in [0.25, 0.3) is 5.91 Å². The molecule has 3 aromatic rings. The minimum absolute atomic E-state index is 0.00509. The van der Waals surface area contributed by atoms with Gasteiger partial charge >= 0.3 is 6.18 Å². The van der Waals surface area contributed by atoms with Crippen LogP contribution in [-0.2, 0) is 6.18 Å². The second kappa shape index (κ2) is 9.15. The molecular formula is C26H24F4N4O2. The third-order valence-electron chi connectivity index (χ3n) is 7.18. The van der Waals surface area contributed by atoms with Crippen LogP contribution in [-0.4, -0.2) is 44.4 Å². The molecule has 4 heterocycles. The van der Waals surface area contributed by atoms with Gasteiger partial charge in [-0.1, -0.05) is 6.92 Å². The lowest BCUT2D eigenvalue weighted by atomic mass is 9.64. The summed E-state index contributed by atoms with van der Waals surface area (Å²) >= 11 is 0. The number of amides is 1. The molecule has 0 spiro atoms. The van der Waals surface area contributed by atoms with E-state index in [1.807, 2.05) is 0 Å². The summed E-state index contributed by atoms with van der Waals surface area (Å²) in [5, 5.41) is 0. The molecule has 6 nitrogen and oxygen atoms in total. The summed E-state index contributed by atoms with van der Waals surface area (Å²) in [7, 11) is 0. The van der Waals surface area contributed by atoms with Crippen molar-refractivity contribution in [2.24, 2.45) is 11.8 Å². The molecule has 2 atom stereocenters. The van der Waals surface area contributed by atoms with Crippen LogP contribution in [0.15, 0.2) is 48.8 Å². The number of aryl methyl sites for hydroxylation is 1. The third kappa shape index (κ3) is 4.52. The number of halogens is 4. The second-order valence-electron chi connectivity index (χ2n) is 9.43. The molecule has 1 amide bonds. The summed E-state index contributed by atoms with van der Waals surface area (Å²) in [6.07, 6.45) is -1.41. The summed E-state index contributed by atoms with van der Waals surface area (Å²) in [6, 6.07) is 8.75. The Bertz CT molecular complexity index is 1260. The number of rotatable bonds is 5. The first-order chi connectivity index (χ1) is 17.1. The van der Waals surface area contributed by atoms with Crippen LogP contribution < -0.4 is 4.74 Å². The molecule has 36 heavy (non-hydrogen) atoms. The van der Waals surface area contributed by atoms with Crippen molar-refractivity contribution in [1.29, 1.82) is 0 Å². The Labute approximate surface area is 205 Å². The van der Waals surface area contributed by atoms with Crippen LogP contribution in [0.25, 0.3) is 11.4 Å². The van der Waals surface area contributed by atoms with Crippen LogP contribution >= 0.6 is 0 Å². The highest BCUT2D eigenvalue weighted by Gasteiger charge is 2.51. The molecule has 2 aromatic heterocycles. The zero-order valence-electron chi connectivity index (χ0n) is 19.7. The third-order valence-corrected chi connectivity index (χ3v) is 7.18. The Morgan fingerprint density at radius 2 is 1.75 bits per heavy atom. The molecular weight excluding hydrogens is 476 g/mol. The van der Waals surface area contributed by atoms with Crippen LogP contribution in [0.3, 0.4) is 0 Å². The number of hydrogen-bond donors (Lipinski definition) is 0. The molecule has 1 aliphatic carbocycles. The van der Waals surface area contributed by atoms with E-state index >= 15 is 0 Å². The van der Waals surface area contributed by atoms with Crippen molar-refractivity contribution in [2.45, 2.75) is 44.9 Å². The Balaban J connectivity index is 1.45. The van der Waals surface area contributed by atoms with Crippen molar-refractivity contribution in [3.8, 4) is 17.1 Å². The number of benzene rings is 1. The summed E-state index contributed by atoms with van der Waals surface area (Å²) in [6.45, 7) is 4.05. The zero-order chi connectivity index (χ0) is 25.6. The second-order valence-corrected chi connectivity index (χ2v) is 9.43. The van der Waals surface area contributed by atoms with E-state index in [2.05, 4.69) is 21.9 Å². The molecule has 2 saturated heterocycles. The van der Waals surface area contributed by atoms with Crippen LogP contribution in [0.5, 0.6) is 5.75 Å². The van der Waals surface area contributed by atoms with E-state index in [9.17, 15) is 22.4 Å². The molecule has 6 rings (SSSR count). The predicted molar refractivity (Wildman–Crippen MR) is 123 cm³/mol. The van der Waals surface area contributed by atoms with E-state index in [0.29, 0.717) is 29.8 Å². The van der Waals surface area contributed by atoms with E-state index in [0.717, 1.165) is 12.8 Å². The predicted octanol–water partition coefficient (Wildman–Crippen LogP) is 5.32. The number of alkyl halides is 3. The topological polar surface area (TPSA) is 68.2 Å². The smallest absolute Gasteiger partial charge is 0.419 e. The van der Waals surface area contributed by atoms with Crippen molar-refractivity contribution < 1.29 is 27.1 Å². The average molecular weight is 500 g/mol. The number of piperidine rings is 2. The van der Waals surface area contributed by atoms with Gasteiger partial charge in [0.2, 0.25) is 0 Å². The van der Waals surface area contributed by atoms with E-state index < -0.39 is 11.7 Å². The largest absolute Gasteiger partial charge is 0.491 e. The molecule has 1 saturated carbocycles. The number of ether oxygens (including phenoxy) is 1. The standard InChI is InChI=1S/C26H24F4N4O2/c1-14-3-8-21(24-31-11-17(12-32-24)26(28,29)30)23(33-14)25(35)34-19-9-16(10-19)15(2)22(34)13-36-20-6-4-18(27)5-7-20/h3-8,11-12,15-16,19,22H,9-10,13H2,1-2H3/t15-,16?,19?,22?/m1/s1. The Hall–Kier alpha value is -3.56. The van der Waals surface area contributed by atoms with E-state index in [-0.39, 0.29) is 53.4 Å². The molecule has 1 aromatic carbocycles. The Kier molecular flexibility index (Phi) is 6.13. The van der Waals surface area contributed by atoms with E-state index in [1.54, 1.807) is 24.0 Å². The molecule has 1 unspecified atom stereocenters. The summed E-state index contributed by atoms with van der Waals surface area (Å²) in [4.78, 5) is 28.0. The number of fused-ring (bicyclic) bond motifs is 2. The number of hydrogen-bond acceptors (Lipinski definition) is 5. The van der Waals surface area contributed by atoms with Crippen molar-refractivity contribution in [3.63, 3.8) is 0 Å². The zero-order valence-corrected chi connectivity index (χ0v) is 19.7. The Morgan fingerprint density at radius 3 is 2.39 bits per heavy atom. The van der Waals surface area contributed by atoms with Crippen LogP contribution in [0.1, 0.15) is 41.5 Å². The number of carbonyl (C=O) groups excluding carboxylic acids is 1. The number of aromatic nitrogens is 3. The highest BCUT2D eigenvalue weighted by atomic mass is 19.4. The Morgan fingerprint density at radius 1 is 1.08 bits per heavy atom. The van der Waals surface area contributed by atoms with Gasteiger partial charge in [-0.3, -0.25) is 4.79 Å². The molecule has 2 aliphatic heterocycles. The van der Waals surface area contributed by atoms with Crippen molar-refractivity contribution in [3.05, 3.63) is 71.6 Å². The van der Waals surface area contributed by atoms with Gasteiger partial charge in [-0.05, 0) is 68.0 Å². The first kappa shape index (κ1) is 24.1. The minimum Gasteiger partial charge on any atom is -0.491 e. The molecule has 10 heteroatoms. The van der Waals surface area contributed by atoms with Crippen LogP contribution in [0.4, 0.5) is 17.6 Å². The molecule has 3 fully saturated rings. The maximum Gasteiger partial charge on any atom is 0.419 e. The van der Waals surface area contributed by atoms with Gasteiger partial charge in [0, 0.05) is 24.1 Å². The van der Waals surface area contributed by atoms with Gasteiger partial charge < -0.3 is 9.64 Å². The lowest BCUT2D eigenvalue weighted by Gasteiger charge is -2.57. The molecule has 2 bridgehead atoms. The van der Waals surface area contributed by atoms with Gasteiger partial charge in [0.05, 0.1) is 17.2 Å². The highest BCUT2D eigenvalue weighted by Crippen LogP contribution is 2.47. The van der Waals surface area contributed by atoms with Gasteiger partial charge in [-0.25, -0.2) is 19.3 Å². The van der Waals surface area contributed by atoms with E-state index in [4.69, 9.17) is 4.74 Å². The average Bonchev–Trinajstić information content (AvgIpc) is 2.82. The maximum atomic E-state index is 13.9. The first-order valence-electron chi connectivity index (χ1n) is 11.7. The van der Waals surface area contributed by atoms with Gasteiger partial charge in [0.1, 0.15) is 23.9 Å². The maximum absolute atomic E-state index is 13.9. The number of carbonyl (C=O) groups is 1. The highest BCUT2D eigenvalue weighted by molar-refractivity contribution is 5.98. The first-order valence-corrected chi connectivity index (χ1v) is 11.7. The normalized spacial score (nSPS) is 23.2. The summed E-state index contributed by atoms with van der Waals surface area (Å²) < 4.78 is 58.1. The lowest BCUT2D eigenvalue weighted by molar-refractivity contribution is -0.138. The monoisotopic (exact) mass is 500 g/mol.